The van der Waals surface area contributed by atoms with Crippen molar-refractivity contribution < 1.29 is 14.3 Å². The molecule has 0 spiro atoms. The largest absolute Gasteiger partial charge is 0.372 e. The molecule has 0 aliphatic rings. The van der Waals surface area contributed by atoms with Gasteiger partial charge >= 0.3 is 0 Å². The first kappa shape index (κ1) is 17.6. The van der Waals surface area contributed by atoms with Crippen LogP contribution in [0.25, 0.3) is 10.8 Å². The number of carbonyl (C=O) groups excluding carboxylic acids is 2. The number of ether oxygens (including phenoxy) is 1. The molecule has 0 aliphatic heterocycles. The molecule has 0 fully saturated rings. The lowest BCUT2D eigenvalue weighted by Gasteiger charge is -2.12. The Kier molecular flexibility index (Phi) is 5.29. The van der Waals surface area contributed by atoms with E-state index in [4.69, 9.17) is 4.74 Å². The van der Waals surface area contributed by atoms with Gasteiger partial charge < -0.3 is 15.4 Å². The highest BCUT2D eigenvalue weighted by Gasteiger charge is 2.13. The summed E-state index contributed by atoms with van der Waals surface area (Å²) in [5, 5.41) is 7.55. The topological polar surface area (TPSA) is 67.4 Å². The summed E-state index contributed by atoms with van der Waals surface area (Å²) in [7, 11) is 1.48. The molecule has 5 heteroatoms. The van der Waals surface area contributed by atoms with Crippen molar-refractivity contribution in [3.63, 3.8) is 0 Å². The lowest BCUT2D eigenvalue weighted by atomic mass is 10.0. The summed E-state index contributed by atoms with van der Waals surface area (Å²) in [4.78, 5) is 24.6. The Morgan fingerprint density at radius 2 is 1.54 bits per heavy atom. The van der Waals surface area contributed by atoms with Crippen LogP contribution >= 0.6 is 0 Å². The van der Waals surface area contributed by atoms with Crippen molar-refractivity contribution >= 4 is 34.0 Å². The van der Waals surface area contributed by atoms with Gasteiger partial charge in [0.25, 0.3) is 11.8 Å². The third kappa shape index (κ3) is 3.90. The number of amides is 2. The molecular formula is C21H20N2O3. The average Bonchev–Trinajstić information content (AvgIpc) is 2.67. The summed E-state index contributed by atoms with van der Waals surface area (Å²) in [5.74, 6) is -0.444. The maximum atomic E-state index is 12.7. The Hall–Kier alpha value is -3.18. The third-order valence-electron chi connectivity index (χ3n) is 4.15. The zero-order chi connectivity index (χ0) is 18.5. The highest BCUT2D eigenvalue weighted by atomic mass is 16.5. The van der Waals surface area contributed by atoms with Gasteiger partial charge in [0.15, 0.2) is 0 Å². The molecule has 2 N–H and O–H groups in total. The first-order valence-corrected chi connectivity index (χ1v) is 8.31. The van der Waals surface area contributed by atoms with Crippen molar-refractivity contribution in [1.82, 2.24) is 0 Å². The molecule has 2 amide bonds. The summed E-state index contributed by atoms with van der Waals surface area (Å²) in [5.41, 5.74) is 1.80. The first-order chi connectivity index (χ1) is 12.6. The monoisotopic (exact) mass is 348 g/mol. The molecule has 0 aliphatic carbocycles. The van der Waals surface area contributed by atoms with Gasteiger partial charge in [0.05, 0.1) is 0 Å². The van der Waals surface area contributed by atoms with Crippen molar-refractivity contribution in [3.05, 3.63) is 72.3 Å². The summed E-state index contributed by atoms with van der Waals surface area (Å²) in [6.07, 6.45) is -0.552. The molecule has 3 rings (SSSR count). The van der Waals surface area contributed by atoms with Crippen LogP contribution in [-0.4, -0.2) is 25.0 Å². The van der Waals surface area contributed by atoms with E-state index in [2.05, 4.69) is 10.6 Å². The second-order valence-electron chi connectivity index (χ2n) is 5.93. The van der Waals surface area contributed by atoms with Crippen LogP contribution in [0.5, 0.6) is 0 Å². The maximum Gasteiger partial charge on any atom is 0.256 e. The summed E-state index contributed by atoms with van der Waals surface area (Å²) in [6.45, 7) is 1.67. The van der Waals surface area contributed by atoms with E-state index in [0.717, 1.165) is 10.8 Å². The molecule has 0 unspecified atom stereocenters. The van der Waals surface area contributed by atoms with Crippen LogP contribution in [0.15, 0.2) is 66.7 Å². The van der Waals surface area contributed by atoms with E-state index in [9.17, 15) is 9.59 Å². The normalized spacial score (nSPS) is 11.8. The van der Waals surface area contributed by atoms with E-state index in [0.29, 0.717) is 16.9 Å². The fourth-order valence-electron chi connectivity index (χ4n) is 2.65. The van der Waals surface area contributed by atoms with Gasteiger partial charge in [-0.15, -0.1) is 0 Å². The van der Waals surface area contributed by atoms with Crippen LogP contribution in [0.3, 0.4) is 0 Å². The van der Waals surface area contributed by atoms with E-state index in [1.807, 2.05) is 36.4 Å². The second-order valence-corrected chi connectivity index (χ2v) is 5.93. The Balaban J connectivity index is 1.79. The third-order valence-corrected chi connectivity index (χ3v) is 4.15. The number of benzene rings is 3. The molecule has 3 aromatic carbocycles. The maximum absolute atomic E-state index is 12.7. The molecular weight excluding hydrogens is 328 g/mol. The van der Waals surface area contributed by atoms with Crippen LogP contribution in [0.1, 0.15) is 17.3 Å². The highest BCUT2D eigenvalue weighted by Crippen LogP contribution is 2.21. The lowest BCUT2D eigenvalue weighted by molar-refractivity contribution is -0.124. The van der Waals surface area contributed by atoms with Gasteiger partial charge in [0.1, 0.15) is 6.10 Å². The number of carbonyl (C=O) groups is 2. The highest BCUT2D eigenvalue weighted by molar-refractivity contribution is 6.13. The summed E-state index contributed by atoms with van der Waals surface area (Å²) >= 11 is 0. The van der Waals surface area contributed by atoms with Gasteiger partial charge in [-0.25, -0.2) is 0 Å². The zero-order valence-electron chi connectivity index (χ0n) is 14.7. The Morgan fingerprint density at radius 3 is 2.31 bits per heavy atom. The van der Waals surface area contributed by atoms with Crippen LogP contribution < -0.4 is 10.6 Å². The second kappa shape index (κ2) is 7.80. The van der Waals surface area contributed by atoms with Crippen molar-refractivity contribution in [2.75, 3.05) is 17.7 Å². The van der Waals surface area contributed by atoms with Gasteiger partial charge in [-0.3, -0.25) is 9.59 Å². The smallest absolute Gasteiger partial charge is 0.256 e. The van der Waals surface area contributed by atoms with Crippen molar-refractivity contribution in [1.29, 1.82) is 0 Å². The van der Waals surface area contributed by atoms with Gasteiger partial charge in [-0.1, -0.05) is 42.5 Å². The standard InChI is InChI=1S/C21H20N2O3/c1-14(26-2)20(24)22-16-9-6-10-17(13-16)23-21(25)19-12-5-8-15-7-3-4-11-18(15)19/h3-14H,1-2H3,(H,22,24)(H,23,25)/t14-/m1/s1. The van der Waals surface area contributed by atoms with E-state index in [-0.39, 0.29) is 11.8 Å². The van der Waals surface area contributed by atoms with Gasteiger partial charge in [0.2, 0.25) is 0 Å². The van der Waals surface area contributed by atoms with Crippen molar-refractivity contribution in [2.24, 2.45) is 0 Å². The van der Waals surface area contributed by atoms with E-state index in [1.54, 1.807) is 37.3 Å². The number of methoxy groups -OCH3 is 1. The van der Waals surface area contributed by atoms with Gasteiger partial charge in [0, 0.05) is 24.0 Å². The van der Waals surface area contributed by atoms with Gasteiger partial charge in [-0.05, 0) is 42.0 Å². The van der Waals surface area contributed by atoms with Crippen molar-refractivity contribution in [2.45, 2.75) is 13.0 Å². The number of hydrogen-bond acceptors (Lipinski definition) is 3. The molecule has 5 nitrogen and oxygen atoms in total. The first-order valence-electron chi connectivity index (χ1n) is 8.31. The summed E-state index contributed by atoms with van der Waals surface area (Å²) in [6, 6.07) is 20.4. The van der Waals surface area contributed by atoms with E-state index < -0.39 is 6.10 Å². The van der Waals surface area contributed by atoms with Crippen LogP contribution in [0.2, 0.25) is 0 Å². The number of nitrogens with one attached hydrogen (secondary N) is 2. The molecule has 3 aromatic rings. The van der Waals surface area contributed by atoms with Crippen LogP contribution in [0.4, 0.5) is 11.4 Å². The number of fused-ring (bicyclic) bond motifs is 1. The lowest BCUT2D eigenvalue weighted by Crippen LogP contribution is -2.26. The Morgan fingerprint density at radius 1 is 0.885 bits per heavy atom. The minimum Gasteiger partial charge on any atom is -0.372 e. The van der Waals surface area contributed by atoms with E-state index >= 15 is 0 Å². The van der Waals surface area contributed by atoms with Gasteiger partial charge in [-0.2, -0.15) is 0 Å². The minimum atomic E-state index is -0.552. The quantitative estimate of drug-likeness (QED) is 0.730. The predicted octanol–water partition coefficient (Wildman–Crippen LogP) is 4.07. The van der Waals surface area contributed by atoms with Crippen LogP contribution in [0, 0.1) is 0 Å². The fourth-order valence-corrected chi connectivity index (χ4v) is 2.65. The number of anilines is 2. The molecule has 132 valence electrons. The molecule has 0 saturated carbocycles. The molecule has 1 atom stereocenters. The molecule has 0 aromatic heterocycles. The van der Waals surface area contributed by atoms with Crippen molar-refractivity contribution in [3.8, 4) is 0 Å². The molecule has 26 heavy (non-hydrogen) atoms. The minimum absolute atomic E-state index is 0.199. The molecule has 0 bridgehead atoms. The predicted molar refractivity (Wildman–Crippen MR) is 103 cm³/mol. The molecule has 0 radical (unpaired) electrons. The van der Waals surface area contributed by atoms with Crippen LogP contribution in [-0.2, 0) is 9.53 Å². The number of rotatable bonds is 5. The van der Waals surface area contributed by atoms with E-state index in [1.165, 1.54) is 7.11 Å². The Labute approximate surface area is 152 Å². The summed E-state index contributed by atoms with van der Waals surface area (Å²) < 4.78 is 5.00. The average molecular weight is 348 g/mol. The molecule has 0 heterocycles. The SMILES string of the molecule is CO[C@H](C)C(=O)Nc1cccc(NC(=O)c2cccc3ccccc23)c1. The molecule has 0 saturated heterocycles. The number of hydrogen-bond donors (Lipinski definition) is 2. The zero-order valence-corrected chi connectivity index (χ0v) is 14.7. The fraction of sp³-hybridized carbons (Fsp3) is 0.143. The Bertz CT molecular complexity index is 947.